The number of likely N-dealkylation sites (N-methyl/N-ethyl adjacent to an activating group) is 1. The Hall–Kier alpha value is -0.220. The Kier molecular flexibility index (Phi) is 2.56. The Morgan fingerprint density at radius 3 is 2.80 bits per heavy atom. The number of thioether (sulfide) groups is 1. The van der Waals surface area contributed by atoms with E-state index in [2.05, 4.69) is 5.32 Å². The van der Waals surface area contributed by atoms with Crippen LogP contribution in [0.15, 0.2) is 0 Å². The number of nitrogens with zero attached hydrogens (tertiary/aromatic N) is 1. The minimum absolute atomic E-state index is 0.0556. The number of nitrogens with one attached hydrogen (secondary N) is 1. The van der Waals surface area contributed by atoms with Crippen molar-refractivity contribution in [3.05, 3.63) is 0 Å². The van der Waals surface area contributed by atoms with Gasteiger partial charge in [-0.15, -0.1) is 11.8 Å². The van der Waals surface area contributed by atoms with Gasteiger partial charge in [-0.1, -0.05) is 0 Å². The summed E-state index contributed by atoms with van der Waals surface area (Å²) < 4.78 is 0. The van der Waals surface area contributed by atoms with Crippen LogP contribution in [0.4, 0.5) is 0 Å². The summed E-state index contributed by atoms with van der Waals surface area (Å²) in [5.74, 6) is 2.01. The van der Waals surface area contributed by atoms with Crippen LogP contribution in [0.1, 0.15) is 0 Å². The number of hydrogen-bond acceptors (Lipinski definition) is 3. The maximum absolute atomic E-state index is 11.2. The maximum Gasteiger partial charge on any atom is 0.240 e. The van der Waals surface area contributed by atoms with Gasteiger partial charge in [-0.3, -0.25) is 10.1 Å². The summed E-state index contributed by atoms with van der Waals surface area (Å²) in [5.41, 5.74) is 0. The van der Waals surface area contributed by atoms with Crippen molar-refractivity contribution in [3.8, 4) is 0 Å². The number of carbonyl (C=O) groups excluding carboxylic acids is 1. The highest BCUT2D eigenvalue weighted by Gasteiger charge is 2.23. The van der Waals surface area contributed by atoms with Crippen LogP contribution in [0.25, 0.3) is 0 Å². The van der Waals surface area contributed by atoms with Gasteiger partial charge in [0.2, 0.25) is 5.91 Å². The summed E-state index contributed by atoms with van der Waals surface area (Å²) in [7, 11) is 3.57. The minimum atomic E-state index is 0.0556. The molecule has 0 aromatic carbocycles. The van der Waals surface area contributed by atoms with Gasteiger partial charge in [0.1, 0.15) is 0 Å². The van der Waals surface area contributed by atoms with Crippen molar-refractivity contribution in [1.29, 1.82) is 0 Å². The van der Waals surface area contributed by atoms with Crippen molar-refractivity contribution in [1.82, 2.24) is 10.2 Å². The van der Waals surface area contributed by atoms with Crippen molar-refractivity contribution in [2.45, 2.75) is 6.04 Å². The van der Waals surface area contributed by atoms with Crippen LogP contribution >= 0.6 is 11.8 Å². The lowest BCUT2D eigenvalue weighted by Crippen LogP contribution is -2.41. The van der Waals surface area contributed by atoms with Crippen LogP contribution in [-0.2, 0) is 4.79 Å². The fourth-order valence-corrected chi connectivity index (χ4v) is 1.80. The lowest BCUT2D eigenvalue weighted by molar-refractivity contribution is -0.130. The van der Waals surface area contributed by atoms with Gasteiger partial charge in [0, 0.05) is 25.7 Å². The lowest BCUT2D eigenvalue weighted by Gasteiger charge is -2.14. The highest BCUT2D eigenvalue weighted by Crippen LogP contribution is 2.10. The molecule has 1 saturated heterocycles. The van der Waals surface area contributed by atoms with Gasteiger partial charge < -0.3 is 4.90 Å². The van der Waals surface area contributed by atoms with Gasteiger partial charge in [0.25, 0.3) is 0 Å². The zero-order valence-corrected chi connectivity index (χ0v) is 7.07. The van der Waals surface area contributed by atoms with Crippen LogP contribution < -0.4 is 5.32 Å². The molecule has 0 unspecified atom stereocenters. The van der Waals surface area contributed by atoms with E-state index in [0.717, 1.165) is 11.6 Å². The van der Waals surface area contributed by atoms with Gasteiger partial charge in [-0.05, 0) is 0 Å². The molecule has 1 aliphatic rings. The molecule has 0 aromatic heterocycles. The van der Waals surface area contributed by atoms with Crippen molar-refractivity contribution in [2.24, 2.45) is 0 Å². The van der Waals surface area contributed by atoms with E-state index in [0.29, 0.717) is 0 Å². The third-order valence-corrected chi connectivity index (χ3v) is 2.40. The number of carbonyl (C=O) groups is 1. The normalized spacial score (nSPS) is 24.8. The Bertz CT molecular complexity index is 132. The molecule has 0 radical (unpaired) electrons. The molecular formula is C6H12N2OS. The van der Waals surface area contributed by atoms with Crippen molar-refractivity contribution in [3.63, 3.8) is 0 Å². The Balaban J connectivity index is 2.40. The SMILES string of the molecule is CN(C)C(=O)[C@H]1CSCN1. The zero-order valence-electron chi connectivity index (χ0n) is 6.26. The van der Waals surface area contributed by atoms with Crippen LogP contribution in [0.5, 0.6) is 0 Å². The predicted molar refractivity (Wildman–Crippen MR) is 42.9 cm³/mol. The molecule has 1 aliphatic heterocycles. The highest BCUT2D eigenvalue weighted by molar-refractivity contribution is 7.99. The molecule has 3 nitrogen and oxygen atoms in total. The minimum Gasteiger partial charge on any atom is -0.347 e. The Morgan fingerprint density at radius 2 is 2.40 bits per heavy atom. The molecule has 0 spiro atoms. The molecule has 1 heterocycles. The molecule has 1 fully saturated rings. The average Bonchev–Trinajstić information content (AvgIpc) is 2.36. The summed E-state index contributed by atoms with van der Waals surface area (Å²) in [5, 5.41) is 3.11. The van der Waals surface area contributed by atoms with Crippen LogP contribution in [-0.4, -0.2) is 42.6 Å². The summed E-state index contributed by atoms with van der Waals surface area (Å²) >= 11 is 1.77. The first-order chi connectivity index (χ1) is 4.72. The van der Waals surface area contributed by atoms with Gasteiger partial charge in [-0.25, -0.2) is 0 Å². The number of amides is 1. The molecule has 1 rings (SSSR count). The average molecular weight is 160 g/mol. The molecular weight excluding hydrogens is 148 g/mol. The Labute approximate surface area is 65.2 Å². The third kappa shape index (κ3) is 1.64. The van der Waals surface area contributed by atoms with E-state index in [4.69, 9.17) is 0 Å². The topological polar surface area (TPSA) is 32.3 Å². The molecule has 10 heavy (non-hydrogen) atoms. The fourth-order valence-electron chi connectivity index (χ4n) is 0.865. The van der Waals surface area contributed by atoms with E-state index in [1.807, 2.05) is 0 Å². The van der Waals surface area contributed by atoms with E-state index in [1.165, 1.54) is 0 Å². The molecule has 0 aromatic rings. The molecule has 4 heteroatoms. The van der Waals surface area contributed by atoms with Gasteiger partial charge in [-0.2, -0.15) is 0 Å². The molecule has 58 valence electrons. The summed E-state index contributed by atoms with van der Waals surface area (Å²) in [6, 6.07) is 0.0556. The second kappa shape index (κ2) is 3.25. The van der Waals surface area contributed by atoms with Crippen LogP contribution in [0.3, 0.4) is 0 Å². The van der Waals surface area contributed by atoms with Crippen LogP contribution in [0, 0.1) is 0 Å². The van der Waals surface area contributed by atoms with Gasteiger partial charge in [0.05, 0.1) is 6.04 Å². The highest BCUT2D eigenvalue weighted by atomic mass is 32.2. The monoisotopic (exact) mass is 160 g/mol. The smallest absolute Gasteiger partial charge is 0.240 e. The van der Waals surface area contributed by atoms with E-state index >= 15 is 0 Å². The lowest BCUT2D eigenvalue weighted by atomic mass is 10.3. The molecule has 0 bridgehead atoms. The van der Waals surface area contributed by atoms with Crippen molar-refractivity contribution in [2.75, 3.05) is 25.7 Å². The number of hydrogen-bond donors (Lipinski definition) is 1. The standard InChI is InChI=1S/C6H12N2OS/c1-8(2)6(9)5-3-10-4-7-5/h5,7H,3-4H2,1-2H3/t5-/m1/s1. The van der Waals surface area contributed by atoms with Gasteiger partial charge in [0.15, 0.2) is 0 Å². The molecule has 0 saturated carbocycles. The molecule has 1 N–H and O–H groups in total. The summed E-state index contributed by atoms with van der Waals surface area (Å²) in [6.07, 6.45) is 0. The van der Waals surface area contributed by atoms with Crippen molar-refractivity contribution >= 4 is 17.7 Å². The van der Waals surface area contributed by atoms with E-state index in [9.17, 15) is 4.79 Å². The molecule has 1 amide bonds. The first-order valence-electron chi connectivity index (χ1n) is 3.24. The van der Waals surface area contributed by atoms with Crippen molar-refractivity contribution < 1.29 is 4.79 Å². The molecule has 1 atom stereocenters. The Morgan fingerprint density at radius 1 is 1.70 bits per heavy atom. The molecule has 0 aliphatic carbocycles. The second-order valence-corrected chi connectivity index (χ2v) is 3.53. The maximum atomic E-state index is 11.2. The van der Waals surface area contributed by atoms with E-state index in [-0.39, 0.29) is 11.9 Å². The number of rotatable bonds is 1. The predicted octanol–water partition coefficient (Wildman–Crippen LogP) is -0.263. The first-order valence-corrected chi connectivity index (χ1v) is 4.39. The largest absolute Gasteiger partial charge is 0.347 e. The van der Waals surface area contributed by atoms with E-state index < -0.39 is 0 Å². The summed E-state index contributed by atoms with van der Waals surface area (Å²) in [4.78, 5) is 12.8. The van der Waals surface area contributed by atoms with Crippen LogP contribution in [0.2, 0.25) is 0 Å². The summed E-state index contributed by atoms with van der Waals surface area (Å²) in [6.45, 7) is 0. The second-order valence-electron chi connectivity index (χ2n) is 2.50. The van der Waals surface area contributed by atoms with Gasteiger partial charge >= 0.3 is 0 Å². The quantitative estimate of drug-likeness (QED) is 0.573. The third-order valence-electron chi connectivity index (χ3n) is 1.46. The fraction of sp³-hybridized carbons (Fsp3) is 0.833. The zero-order chi connectivity index (χ0) is 7.56. The first kappa shape index (κ1) is 7.88. The van der Waals surface area contributed by atoms with E-state index in [1.54, 1.807) is 30.8 Å².